The molecule has 4 heteroatoms. The van der Waals surface area contributed by atoms with Crippen molar-refractivity contribution in [3.63, 3.8) is 0 Å². The first kappa shape index (κ1) is 15.4. The molecule has 1 aliphatic rings. The molecule has 3 aromatic carbocycles. The molecule has 1 amide bonds. The van der Waals surface area contributed by atoms with Crippen molar-refractivity contribution in [2.45, 2.75) is 19.0 Å². The molecule has 0 aromatic heterocycles. The lowest BCUT2D eigenvalue weighted by molar-refractivity contribution is -0.306. The third kappa shape index (κ3) is 2.66. The van der Waals surface area contributed by atoms with Crippen LogP contribution in [-0.4, -0.2) is 16.8 Å². The molecule has 4 nitrogen and oxygen atoms in total. The van der Waals surface area contributed by atoms with Gasteiger partial charge in [-0.1, -0.05) is 60.7 Å². The number of fused-ring (bicyclic) bond motifs is 2. The summed E-state index contributed by atoms with van der Waals surface area (Å²) < 4.78 is 0. The molecule has 0 radical (unpaired) electrons. The number of carboxylic acid groups (broad SMARTS) is 1. The summed E-state index contributed by atoms with van der Waals surface area (Å²) in [6.07, 6.45) is -0.228. The van der Waals surface area contributed by atoms with Crippen molar-refractivity contribution >= 4 is 22.6 Å². The van der Waals surface area contributed by atoms with Crippen molar-refractivity contribution in [3.05, 3.63) is 83.4 Å². The number of amides is 1. The van der Waals surface area contributed by atoms with E-state index in [1.165, 1.54) is 0 Å². The monoisotopic (exact) mass is 330 g/mol. The van der Waals surface area contributed by atoms with Gasteiger partial charge >= 0.3 is 0 Å². The number of aliphatic carboxylic acids is 1. The smallest absolute Gasteiger partial charge is 0.255 e. The molecule has 1 heterocycles. The molecule has 25 heavy (non-hydrogen) atoms. The highest BCUT2D eigenvalue weighted by Crippen LogP contribution is 2.36. The summed E-state index contributed by atoms with van der Waals surface area (Å²) in [5, 5.41) is 13.4. The second-order valence-electron chi connectivity index (χ2n) is 6.25. The number of nitrogens with zero attached hydrogens (tertiary/aromatic N) is 1. The molecule has 0 saturated carbocycles. The molecule has 124 valence electrons. The lowest BCUT2D eigenvalue weighted by Gasteiger charge is -2.29. The van der Waals surface area contributed by atoms with Gasteiger partial charge in [-0.05, 0) is 28.0 Å². The Kier molecular flexibility index (Phi) is 3.73. The Bertz CT molecular complexity index is 974. The van der Waals surface area contributed by atoms with Crippen molar-refractivity contribution in [2.75, 3.05) is 0 Å². The molecule has 1 aliphatic heterocycles. The Balaban J connectivity index is 1.82. The Morgan fingerprint density at radius 2 is 1.72 bits per heavy atom. The van der Waals surface area contributed by atoms with Crippen molar-refractivity contribution in [3.8, 4) is 0 Å². The molecule has 1 atom stereocenters. The molecular formula is C21H16NO3-. The highest BCUT2D eigenvalue weighted by molar-refractivity contribution is 5.99. The first-order valence-electron chi connectivity index (χ1n) is 8.21. The lowest BCUT2D eigenvalue weighted by Crippen LogP contribution is -2.34. The second kappa shape index (κ2) is 6.06. The summed E-state index contributed by atoms with van der Waals surface area (Å²) in [4.78, 5) is 25.9. The van der Waals surface area contributed by atoms with E-state index >= 15 is 0 Å². The minimum atomic E-state index is -1.17. The molecule has 0 fully saturated rings. The number of carbonyl (C=O) groups excluding carboxylic acids is 2. The predicted molar refractivity (Wildman–Crippen MR) is 92.6 cm³/mol. The van der Waals surface area contributed by atoms with Crippen molar-refractivity contribution in [2.24, 2.45) is 0 Å². The molecule has 0 N–H and O–H groups in total. The average molecular weight is 330 g/mol. The van der Waals surface area contributed by atoms with E-state index in [0.717, 1.165) is 21.9 Å². The Labute approximate surface area is 145 Å². The van der Waals surface area contributed by atoms with Crippen LogP contribution in [0.25, 0.3) is 10.8 Å². The van der Waals surface area contributed by atoms with E-state index in [9.17, 15) is 14.7 Å². The maximum Gasteiger partial charge on any atom is 0.255 e. The van der Waals surface area contributed by atoms with E-state index < -0.39 is 12.0 Å². The summed E-state index contributed by atoms with van der Waals surface area (Å²) in [5.41, 5.74) is 2.41. The van der Waals surface area contributed by atoms with E-state index in [4.69, 9.17) is 0 Å². The fraction of sp³-hybridized carbons (Fsp3) is 0.143. The zero-order chi connectivity index (χ0) is 17.4. The zero-order valence-electron chi connectivity index (χ0n) is 13.5. The van der Waals surface area contributed by atoms with Crippen molar-refractivity contribution < 1.29 is 14.7 Å². The van der Waals surface area contributed by atoms with Crippen LogP contribution < -0.4 is 5.11 Å². The van der Waals surface area contributed by atoms with Gasteiger partial charge in [-0.15, -0.1) is 0 Å². The van der Waals surface area contributed by atoms with E-state index in [2.05, 4.69) is 0 Å². The van der Waals surface area contributed by atoms with Gasteiger partial charge < -0.3 is 14.8 Å². The van der Waals surface area contributed by atoms with Crippen LogP contribution >= 0.6 is 0 Å². The Hall–Kier alpha value is -3.14. The fourth-order valence-corrected chi connectivity index (χ4v) is 3.62. The zero-order valence-corrected chi connectivity index (χ0v) is 13.5. The highest BCUT2D eigenvalue weighted by atomic mass is 16.4. The molecule has 3 aromatic rings. The van der Waals surface area contributed by atoms with Gasteiger partial charge in [0.15, 0.2) is 0 Å². The number of hydrogen-bond acceptors (Lipinski definition) is 3. The molecule has 0 aliphatic carbocycles. The summed E-state index contributed by atoms with van der Waals surface area (Å²) in [6, 6.07) is 20.4. The lowest BCUT2D eigenvalue weighted by atomic mass is 9.95. The van der Waals surface area contributed by atoms with Crippen molar-refractivity contribution in [1.82, 2.24) is 4.90 Å². The maximum atomic E-state index is 12.8. The number of carboxylic acids is 1. The number of rotatable bonds is 4. The van der Waals surface area contributed by atoms with Crippen LogP contribution in [0.5, 0.6) is 0 Å². The third-order valence-electron chi connectivity index (χ3n) is 4.77. The molecule has 4 rings (SSSR count). The van der Waals surface area contributed by atoms with Crippen LogP contribution in [0.3, 0.4) is 0 Å². The molecule has 0 bridgehead atoms. The largest absolute Gasteiger partial charge is 0.550 e. The number of benzene rings is 3. The van der Waals surface area contributed by atoms with Crippen LogP contribution in [-0.2, 0) is 11.3 Å². The van der Waals surface area contributed by atoms with Gasteiger partial charge in [-0.25, -0.2) is 0 Å². The van der Waals surface area contributed by atoms with Gasteiger partial charge in [0, 0.05) is 24.5 Å². The molecule has 0 saturated heterocycles. The van der Waals surface area contributed by atoms with Gasteiger partial charge in [0.25, 0.3) is 5.91 Å². The first-order valence-corrected chi connectivity index (χ1v) is 8.21. The van der Waals surface area contributed by atoms with Crippen LogP contribution in [0.1, 0.15) is 33.9 Å². The van der Waals surface area contributed by atoms with Crippen molar-refractivity contribution in [1.29, 1.82) is 0 Å². The van der Waals surface area contributed by atoms with Crippen LogP contribution in [0.15, 0.2) is 66.7 Å². The fourth-order valence-electron chi connectivity index (χ4n) is 3.62. The number of carbonyl (C=O) groups is 2. The first-order chi connectivity index (χ1) is 12.1. The predicted octanol–water partition coefficient (Wildman–Crippen LogP) is 2.68. The maximum absolute atomic E-state index is 12.8. The SMILES string of the molecule is O=C([O-])C[C@@H](c1cccc2ccccc12)N1Cc2ccccc2C1=O. The molecular weight excluding hydrogens is 314 g/mol. The van der Waals surface area contributed by atoms with Gasteiger partial charge in [0.2, 0.25) is 0 Å². The third-order valence-corrected chi connectivity index (χ3v) is 4.77. The standard InChI is InChI=1S/C21H17NO3/c23-20(24)12-19(18-11-5-8-14-6-1-3-9-16(14)18)22-13-15-7-2-4-10-17(15)21(22)25/h1-11,19H,12-13H2,(H,23,24)/p-1/t19-/m0/s1. The number of hydrogen-bond donors (Lipinski definition) is 0. The molecule has 0 spiro atoms. The van der Waals surface area contributed by atoms with Gasteiger partial charge in [-0.2, -0.15) is 0 Å². The Morgan fingerprint density at radius 3 is 2.52 bits per heavy atom. The van der Waals surface area contributed by atoms with Gasteiger partial charge in [0.05, 0.1) is 6.04 Å². The quantitative estimate of drug-likeness (QED) is 0.739. The molecule has 0 unspecified atom stereocenters. The summed E-state index contributed by atoms with van der Waals surface area (Å²) >= 11 is 0. The van der Waals surface area contributed by atoms with Crippen LogP contribution in [0.2, 0.25) is 0 Å². The van der Waals surface area contributed by atoms with Crippen LogP contribution in [0.4, 0.5) is 0 Å². The van der Waals surface area contributed by atoms with E-state index in [1.807, 2.05) is 60.7 Å². The van der Waals surface area contributed by atoms with Crippen LogP contribution in [0, 0.1) is 0 Å². The minimum absolute atomic E-state index is 0.130. The van der Waals surface area contributed by atoms with E-state index in [1.54, 1.807) is 11.0 Å². The van der Waals surface area contributed by atoms with E-state index in [0.29, 0.717) is 12.1 Å². The van der Waals surface area contributed by atoms with Gasteiger partial charge in [0.1, 0.15) is 0 Å². The topological polar surface area (TPSA) is 60.4 Å². The summed E-state index contributed by atoms with van der Waals surface area (Å²) in [5.74, 6) is -1.29. The summed E-state index contributed by atoms with van der Waals surface area (Å²) in [6.45, 7) is 0.413. The summed E-state index contributed by atoms with van der Waals surface area (Å²) in [7, 11) is 0. The van der Waals surface area contributed by atoms with Gasteiger partial charge in [-0.3, -0.25) is 4.79 Å². The minimum Gasteiger partial charge on any atom is -0.550 e. The van der Waals surface area contributed by atoms with E-state index in [-0.39, 0.29) is 12.3 Å². The second-order valence-corrected chi connectivity index (χ2v) is 6.25. The average Bonchev–Trinajstić information content (AvgIpc) is 2.96. The Morgan fingerprint density at radius 1 is 1.00 bits per heavy atom. The highest BCUT2D eigenvalue weighted by Gasteiger charge is 2.33. The normalized spacial score (nSPS) is 14.6.